The zero-order chi connectivity index (χ0) is 13.4. The maximum absolute atomic E-state index is 11.0. The molecule has 0 amide bonds. The second-order valence-electron chi connectivity index (χ2n) is 3.37. The summed E-state index contributed by atoms with van der Waals surface area (Å²) in [5.41, 5.74) is 0. The molecule has 0 unspecified atom stereocenters. The molecule has 6 nitrogen and oxygen atoms in total. The average Bonchev–Trinajstić information content (AvgIpc) is 2.38. The average molecular weight is 271 g/mol. The number of rotatable bonds is 7. The van der Waals surface area contributed by atoms with E-state index in [4.69, 9.17) is 4.74 Å². The Hall–Kier alpha value is -1.34. The fraction of sp³-hybridized carbons (Fsp3) is 0.545. The number of esters is 1. The van der Waals surface area contributed by atoms with E-state index in [2.05, 4.69) is 20.0 Å². The van der Waals surface area contributed by atoms with Crippen LogP contribution in [-0.4, -0.2) is 43.0 Å². The molecule has 1 rings (SSSR count). The van der Waals surface area contributed by atoms with Crippen LogP contribution in [0, 0.1) is 0 Å². The number of methoxy groups -OCH3 is 2. The van der Waals surface area contributed by atoms with E-state index >= 15 is 0 Å². The van der Waals surface area contributed by atoms with Crippen molar-refractivity contribution in [1.82, 2.24) is 9.97 Å². The van der Waals surface area contributed by atoms with Crippen molar-refractivity contribution in [1.29, 1.82) is 0 Å². The summed E-state index contributed by atoms with van der Waals surface area (Å²) in [7, 11) is 4.77. The first-order valence-electron chi connectivity index (χ1n) is 5.44. The maximum atomic E-state index is 11.0. The van der Waals surface area contributed by atoms with Crippen molar-refractivity contribution in [2.75, 3.05) is 32.3 Å². The SMILES string of the molecule is CNc1cc(SCCC(=O)OC)nc(COC)n1. The van der Waals surface area contributed by atoms with E-state index in [0.717, 1.165) is 10.8 Å². The summed E-state index contributed by atoms with van der Waals surface area (Å²) in [5, 5.41) is 3.78. The van der Waals surface area contributed by atoms with E-state index in [0.29, 0.717) is 24.6 Å². The summed E-state index contributed by atoms with van der Waals surface area (Å²) >= 11 is 1.49. The molecule has 100 valence electrons. The van der Waals surface area contributed by atoms with Gasteiger partial charge < -0.3 is 14.8 Å². The standard InChI is InChI=1S/C11H17N3O3S/c1-12-8-6-10(14-9(13-8)7-16-2)18-5-4-11(15)17-3/h6H,4-5,7H2,1-3H3,(H,12,13,14). The number of aromatic nitrogens is 2. The number of anilines is 1. The van der Waals surface area contributed by atoms with Crippen LogP contribution in [0.5, 0.6) is 0 Å². The second kappa shape index (κ2) is 7.88. The predicted molar refractivity (Wildman–Crippen MR) is 69.6 cm³/mol. The van der Waals surface area contributed by atoms with Gasteiger partial charge in [0.15, 0.2) is 5.82 Å². The van der Waals surface area contributed by atoms with Gasteiger partial charge >= 0.3 is 5.97 Å². The number of nitrogens with one attached hydrogen (secondary N) is 1. The largest absolute Gasteiger partial charge is 0.469 e. The molecule has 0 aliphatic rings. The molecule has 0 bridgehead atoms. The molecule has 0 fully saturated rings. The molecule has 0 saturated carbocycles. The minimum Gasteiger partial charge on any atom is -0.469 e. The van der Waals surface area contributed by atoms with E-state index in [1.54, 1.807) is 14.2 Å². The van der Waals surface area contributed by atoms with Gasteiger partial charge in [0.25, 0.3) is 0 Å². The highest BCUT2D eigenvalue weighted by Gasteiger charge is 2.06. The van der Waals surface area contributed by atoms with Crippen molar-refractivity contribution in [2.45, 2.75) is 18.1 Å². The Kier molecular flexibility index (Phi) is 6.45. The third-order valence-corrected chi connectivity index (χ3v) is 2.98. The van der Waals surface area contributed by atoms with Crippen LogP contribution in [0.3, 0.4) is 0 Å². The molecule has 0 spiro atoms. The zero-order valence-electron chi connectivity index (χ0n) is 10.7. The lowest BCUT2D eigenvalue weighted by Crippen LogP contribution is -2.04. The molecule has 1 aromatic heterocycles. The molecule has 7 heteroatoms. The van der Waals surface area contributed by atoms with E-state index in [1.165, 1.54) is 18.9 Å². The topological polar surface area (TPSA) is 73.3 Å². The number of carbonyl (C=O) groups is 1. The van der Waals surface area contributed by atoms with Crippen LogP contribution in [0.25, 0.3) is 0 Å². The van der Waals surface area contributed by atoms with Gasteiger partial charge in [-0.2, -0.15) is 0 Å². The summed E-state index contributed by atoms with van der Waals surface area (Å²) < 4.78 is 9.58. The molecular formula is C11H17N3O3S. The predicted octanol–water partition coefficient (Wildman–Crippen LogP) is 1.32. The maximum Gasteiger partial charge on any atom is 0.306 e. The van der Waals surface area contributed by atoms with Crippen LogP contribution >= 0.6 is 11.8 Å². The summed E-state index contributed by atoms with van der Waals surface area (Å²) in [6.45, 7) is 0.361. The molecular weight excluding hydrogens is 254 g/mol. The molecule has 0 radical (unpaired) electrons. The molecule has 0 aliphatic heterocycles. The van der Waals surface area contributed by atoms with Gasteiger partial charge in [-0.1, -0.05) is 0 Å². The molecule has 0 saturated heterocycles. The highest BCUT2D eigenvalue weighted by molar-refractivity contribution is 7.99. The van der Waals surface area contributed by atoms with Crippen molar-refractivity contribution < 1.29 is 14.3 Å². The third kappa shape index (κ3) is 4.89. The van der Waals surface area contributed by atoms with Gasteiger partial charge in [0.2, 0.25) is 0 Å². The lowest BCUT2D eigenvalue weighted by atomic mass is 10.5. The molecule has 1 aromatic rings. The number of thioether (sulfide) groups is 1. The molecule has 0 aromatic carbocycles. The van der Waals surface area contributed by atoms with E-state index in [9.17, 15) is 4.79 Å². The van der Waals surface area contributed by atoms with E-state index in [-0.39, 0.29) is 5.97 Å². The van der Waals surface area contributed by atoms with Crippen molar-refractivity contribution in [2.24, 2.45) is 0 Å². The van der Waals surface area contributed by atoms with Crippen molar-refractivity contribution in [3.05, 3.63) is 11.9 Å². The third-order valence-electron chi connectivity index (χ3n) is 2.06. The zero-order valence-corrected chi connectivity index (χ0v) is 11.5. The van der Waals surface area contributed by atoms with Gasteiger partial charge in [-0.15, -0.1) is 11.8 Å². The first-order chi connectivity index (χ1) is 8.69. The Bertz CT molecular complexity index is 401. The highest BCUT2D eigenvalue weighted by Crippen LogP contribution is 2.19. The summed E-state index contributed by atoms with van der Waals surface area (Å²) in [4.78, 5) is 19.6. The van der Waals surface area contributed by atoms with Gasteiger partial charge in [-0.25, -0.2) is 9.97 Å². The Morgan fingerprint density at radius 3 is 2.83 bits per heavy atom. The molecule has 18 heavy (non-hydrogen) atoms. The van der Waals surface area contributed by atoms with Gasteiger partial charge in [0.1, 0.15) is 17.5 Å². The van der Waals surface area contributed by atoms with Crippen LogP contribution < -0.4 is 5.32 Å². The molecule has 0 atom stereocenters. The van der Waals surface area contributed by atoms with Crippen LogP contribution in [0.2, 0.25) is 0 Å². The lowest BCUT2D eigenvalue weighted by molar-refractivity contribution is -0.140. The lowest BCUT2D eigenvalue weighted by Gasteiger charge is -2.06. The van der Waals surface area contributed by atoms with Crippen molar-refractivity contribution in [3.8, 4) is 0 Å². The fourth-order valence-corrected chi connectivity index (χ4v) is 2.05. The molecule has 1 heterocycles. The van der Waals surface area contributed by atoms with Gasteiger partial charge in [-0.3, -0.25) is 4.79 Å². The quantitative estimate of drug-likeness (QED) is 0.455. The number of nitrogens with zero attached hydrogens (tertiary/aromatic N) is 2. The minimum absolute atomic E-state index is 0.220. The van der Waals surface area contributed by atoms with Crippen LogP contribution in [0.1, 0.15) is 12.2 Å². The van der Waals surface area contributed by atoms with E-state index < -0.39 is 0 Å². The Morgan fingerprint density at radius 1 is 1.44 bits per heavy atom. The first-order valence-corrected chi connectivity index (χ1v) is 6.42. The number of hydrogen-bond acceptors (Lipinski definition) is 7. The number of carbonyl (C=O) groups excluding carboxylic acids is 1. The minimum atomic E-state index is -0.220. The van der Waals surface area contributed by atoms with Crippen molar-refractivity contribution >= 4 is 23.5 Å². The van der Waals surface area contributed by atoms with Crippen LogP contribution in [-0.2, 0) is 20.9 Å². The summed E-state index contributed by atoms with van der Waals surface area (Å²) in [5.74, 6) is 1.75. The molecule has 1 N–H and O–H groups in total. The highest BCUT2D eigenvalue weighted by atomic mass is 32.2. The first kappa shape index (κ1) is 14.7. The number of hydrogen-bond donors (Lipinski definition) is 1. The molecule has 0 aliphatic carbocycles. The summed E-state index contributed by atoms with van der Waals surface area (Å²) in [6, 6.07) is 1.83. The Balaban J connectivity index is 2.63. The normalized spacial score (nSPS) is 10.2. The van der Waals surface area contributed by atoms with Gasteiger partial charge in [0, 0.05) is 26.0 Å². The Labute approximate surface area is 110 Å². The van der Waals surface area contributed by atoms with Crippen LogP contribution in [0.15, 0.2) is 11.1 Å². The summed E-state index contributed by atoms with van der Waals surface area (Å²) in [6.07, 6.45) is 0.361. The van der Waals surface area contributed by atoms with Gasteiger partial charge in [-0.05, 0) is 0 Å². The van der Waals surface area contributed by atoms with Gasteiger partial charge in [0.05, 0.1) is 13.5 Å². The fourth-order valence-electron chi connectivity index (χ4n) is 1.21. The monoisotopic (exact) mass is 271 g/mol. The smallest absolute Gasteiger partial charge is 0.306 e. The Morgan fingerprint density at radius 2 is 2.22 bits per heavy atom. The van der Waals surface area contributed by atoms with E-state index in [1.807, 2.05) is 6.07 Å². The van der Waals surface area contributed by atoms with Crippen molar-refractivity contribution in [3.63, 3.8) is 0 Å². The second-order valence-corrected chi connectivity index (χ2v) is 4.48. The van der Waals surface area contributed by atoms with Crippen LogP contribution in [0.4, 0.5) is 5.82 Å². The number of ether oxygens (including phenoxy) is 2.